The first-order valence-corrected chi connectivity index (χ1v) is 5.85. The van der Waals surface area contributed by atoms with E-state index in [4.69, 9.17) is 5.21 Å². The van der Waals surface area contributed by atoms with E-state index in [2.05, 4.69) is 41.0 Å². The summed E-state index contributed by atoms with van der Waals surface area (Å²) in [5.74, 6) is 0. The molecule has 1 aliphatic rings. The fraction of sp³-hybridized carbons (Fsp3) is 0.417. The van der Waals surface area contributed by atoms with Gasteiger partial charge in [0.2, 0.25) is 0 Å². The summed E-state index contributed by atoms with van der Waals surface area (Å²) >= 11 is 3.45. The molecule has 0 radical (unpaired) electrons. The van der Waals surface area contributed by atoms with Gasteiger partial charge in [0.15, 0.2) is 0 Å². The van der Waals surface area contributed by atoms with Gasteiger partial charge in [-0.15, -0.1) is 0 Å². The summed E-state index contributed by atoms with van der Waals surface area (Å²) in [6.07, 6.45) is 1.87. The average molecular weight is 268 g/mol. The largest absolute Gasteiger partial charge is 0.411 e. The van der Waals surface area contributed by atoms with Crippen LogP contribution in [0.1, 0.15) is 37.8 Å². The van der Waals surface area contributed by atoms with E-state index in [-0.39, 0.29) is 5.41 Å². The summed E-state index contributed by atoms with van der Waals surface area (Å²) in [5, 5.41) is 12.4. The van der Waals surface area contributed by atoms with Gasteiger partial charge in [-0.05, 0) is 36.0 Å². The molecule has 2 nitrogen and oxygen atoms in total. The molecule has 0 atom stereocenters. The van der Waals surface area contributed by atoms with Gasteiger partial charge in [0.05, 0.1) is 5.71 Å². The van der Waals surface area contributed by atoms with Crippen molar-refractivity contribution in [3.8, 4) is 0 Å². The van der Waals surface area contributed by atoms with E-state index >= 15 is 0 Å². The van der Waals surface area contributed by atoms with E-state index in [1.165, 1.54) is 5.56 Å². The molecule has 0 spiro atoms. The standard InChI is InChI=1S/C12H14BrNO/c1-12(2)6-5-11(14-15)9-7-8(13)3-4-10(9)12/h3-4,7,15H,5-6H2,1-2H3. The predicted octanol–water partition coefficient (Wildman–Crippen LogP) is 3.70. The lowest BCUT2D eigenvalue weighted by Gasteiger charge is -2.32. The number of benzene rings is 1. The van der Waals surface area contributed by atoms with Gasteiger partial charge in [-0.1, -0.05) is 41.0 Å². The summed E-state index contributed by atoms with van der Waals surface area (Å²) in [7, 11) is 0. The lowest BCUT2D eigenvalue weighted by Crippen LogP contribution is -2.27. The molecule has 0 saturated carbocycles. The normalized spacial score (nSPS) is 21.4. The summed E-state index contributed by atoms with van der Waals surface area (Å²) < 4.78 is 1.03. The third-order valence-electron chi connectivity index (χ3n) is 3.13. The fourth-order valence-corrected chi connectivity index (χ4v) is 2.51. The van der Waals surface area contributed by atoms with Crippen LogP contribution in [0.3, 0.4) is 0 Å². The van der Waals surface area contributed by atoms with E-state index in [9.17, 15) is 0 Å². The van der Waals surface area contributed by atoms with Crippen LogP contribution in [0.15, 0.2) is 27.8 Å². The first kappa shape index (κ1) is 10.7. The van der Waals surface area contributed by atoms with Crippen LogP contribution < -0.4 is 0 Å². The second kappa shape index (κ2) is 3.63. The van der Waals surface area contributed by atoms with Crippen LogP contribution in [0, 0.1) is 0 Å². The van der Waals surface area contributed by atoms with Crippen molar-refractivity contribution in [3.05, 3.63) is 33.8 Å². The highest BCUT2D eigenvalue weighted by molar-refractivity contribution is 9.10. The number of oxime groups is 1. The third-order valence-corrected chi connectivity index (χ3v) is 3.62. The molecule has 15 heavy (non-hydrogen) atoms. The lowest BCUT2D eigenvalue weighted by molar-refractivity contribution is 0.315. The Hall–Kier alpha value is -0.830. The molecule has 0 saturated heterocycles. The highest BCUT2D eigenvalue weighted by Gasteiger charge is 2.30. The smallest absolute Gasteiger partial charge is 0.0871 e. The maximum Gasteiger partial charge on any atom is 0.0871 e. The number of hydrogen-bond donors (Lipinski definition) is 1. The van der Waals surface area contributed by atoms with Crippen molar-refractivity contribution in [2.24, 2.45) is 5.16 Å². The Labute approximate surface area is 98.1 Å². The Morgan fingerprint density at radius 3 is 2.80 bits per heavy atom. The fourth-order valence-electron chi connectivity index (χ4n) is 2.15. The molecule has 0 heterocycles. The van der Waals surface area contributed by atoms with Crippen molar-refractivity contribution < 1.29 is 5.21 Å². The third kappa shape index (κ3) is 1.81. The Kier molecular flexibility index (Phi) is 2.59. The van der Waals surface area contributed by atoms with Crippen molar-refractivity contribution in [1.82, 2.24) is 0 Å². The minimum Gasteiger partial charge on any atom is -0.411 e. The Balaban J connectivity index is 2.64. The van der Waals surface area contributed by atoms with Crippen LogP contribution in [0.5, 0.6) is 0 Å². The molecule has 1 aliphatic carbocycles. The summed E-state index contributed by atoms with van der Waals surface area (Å²) in [5.41, 5.74) is 3.31. The molecule has 0 bridgehead atoms. The molecule has 1 aromatic rings. The summed E-state index contributed by atoms with van der Waals surface area (Å²) in [6.45, 7) is 4.46. The van der Waals surface area contributed by atoms with Crippen molar-refractivity contribution in [1.29, 1.82) is 0 Å². The number of hydrogen-bond acceptors (Lipinski definition) is 2. The molecule has 0 aliphatic heterocycles. The maximum atomic E-state index is 8.97. The zero-order valence-corrected chi connectivity index (χ0v) is 10.5. The van der Waals surface area contributed by atoms with Crippen LogP contribution in [-0.4, -0.2) is 10.9 Å². The number of nitrogens with zero attached hydrogens (tertiary/aromatic N) is 1. The number of fused-ring (bicyclic) bond motifs is 1. The highest BCUT2D eigenvalue weighted by Crippen LogP contribution is 2.37. The van der Waals surface area contributed by atoms with Crippen molar-refractivity contribution in [2.45, 2.75) is 32.1 Å². The molecule has 3 heteroatoms. The monoisotopic (exact) mass is 267 g/mol. The average Bonchev–Trinajstić information content (AvgIpc) is 2.17. The second-order valence-electron chi connectivity index (χ2n) is 4.62. The number of rotatable bonds is 0. The SMILES string of the molecule is CC1(C)CCC(=NO)c2cc(Br)ccc21. The molecular formula is C12H14BrNO. The summed E-state index contributed by atoms with van der Waals surface area (Å²) in [4.78, 5) is 0. The van der Waals surface area contributed by atoms with Gasteiger partial charge in [0, 0.05) is 10.0 Å². The van der Waals surface area contributed by atoms with Gasteiger partial charge in [-0.25, -0.2) is 0 Å². The highest BCUT2D eigenvalue weighted by atomic mass is 79.9. The van der Waals surface area contributed by atoms with Crippen LogP contribution in [0.2, 0.25) is 0 Å². The minimum absolute atomic E-state index is 0.171. The number of halogens is 1. The van der Waals surface area contributed by atoms with E-state index < -0.39 is 0 Å². The molecule has 0 fully saturated rings. The Bertz CT molecular complexity index is 424. The van der Waals surface area contributed by atoms with Crippen LogP contribution in [-0.2, 0) is 5.41 Å². The lowest BCUT2D eigenvalue weighted by atomic mass is 9.72. The molecule has 2 rings (SSSR count). The van der Waals surface area contributed by atoms with Gasteiger partial charge in [0.25, 0.3) is 0 Å². The first-order chi connectivity index (χ1) is 7.04. The maximum absolute atomic E-state index is 8.97. The van der Waals surface area contributed by atoms with E-state index in [1.807, 2.05) is 12.1 Å². The van der Waals surface area contributed by atoms with Crippen LogP contribution in [0.25, 0.3) is 0 Å². The van der Waals surface area contributed by atoms with Gasteiger partial charge >= 0.3 is 0 Å². The van der Waals surface area contributed by atoms with Gasteiger partial charge in [0.1, 0.15) is 0 Å². The van der Waals surface area contributed by atoms with E-state index in [0.29, 0.717) is 0 Å². The van der Waals surface area contributed by atoms with E-state index in [1.54, 1.807) is 0 Å². The minimum atomic E-state index is 0.171. The van der Waals surface area contributed by atoms with Crippen LogP contribution >= 0.6 is 15.9 Å². The predicted molar refractivity (Wildman–Crippen MR) is 64.7 cm³/mol. The van der Waals surface area contributed by atoms with Gasteiger partial charge in [-0.3, -0.25) is 0 Å². The topological polar surface area (TPSA) is 32.6 Å². The second-order valence-corrected chi connectivity index (χ2v) is 5.54. The van der Waals surface area contributed by atoms with Crippen molar-refractivity contribution in [2.75, 3.05) is 0 Å². The zero-order chi connectivity index (χ0) is 11.1. The Morgan fingerprint density at radius 2 is 2.13 bits per heavy atom. The molecule has 1 aromatic carbocycles. The van der Waals surface area contributed by atoms with Crippen LogP contribution in [0.4, 0.5) is 0 Å². The molecule has 1 N–H and O–H groups in total. The molecule has 0 unspecified atom stereocenters. The quantitative estimate of drug-likeness (QED) is 0.564. The molecule has 80 valence electrons. The Morgan fingerprint density at radius 1 is 1.40 bits per heavy atom. The first-order valence-electron chi connectivity index (χ1n) is 5.06. The van der Waals surface area contributed by atoms with E-state index in [0.717, 1.165) is 28.6 Å². The molecular weight excluding hydrogens is 254 g/mol. The zero-order valence-electron chi connectivity index (χ0n) is 8.92. The molecule has 0 aromatic heterocycles. The van der Waals surface area contributed by atoms with Gasteiger partial charge < -0.3 is 5.21 Å². The van der Waals surface area contributed by atoms with Crippen molar-refractivity contribution >= 4 is 21.6 Å². The van der Waals surface area contributed by atoms with Crippen molar-refractivity contribution in [3.63, 3.8) is 0 Å². The van der Waals surface area contributed by atoms with Gasteiger partial charge in [-0.2, -0.15) is 0 Å². The summed E-state index contributed by atoms with van der Waals surface area (Å²) in [6, 6.07) is 6.19. The molecule has 0 amide bonds.